The first-order valence-electron chi connectivity index (χ1n) is 10.9. The second kappa shape index (κ2) is 9.80. The summed E-state index contributed by atoms with van der Waals surface area (Å²) < 4.78 is 47.0. The van der Waals surface area contributed by atoms with Gasteiger partial charge in [-0.3, -0.25) is 9.69 Å². The minimum atomic E-state index is -4.85. The Balaban J connectivity index is 1.52. The van der Waals surface area contributed by atoms with Crippen LogP contribution in [0.2, 0.25) is 0 Å². The highest BCUT2D eigenvalue weighted by Crippen LogP contribution is 2.33. The van der Waals surface area contributed by atoms with Crippen molar-refractivity contribution >= 4 is 11.6 Å². The predicted octanol–water partition coefficient (Wildman–Crippen LogP) is 4.32. The molecule has 0 bridgehead atoms. The molecule has 4 rings (SSSR count). The Kier molecular flexibility index (Phi) is 6.82. The van der Waals surface area contributed by atoms with Crippen molar-refractivity contribution in [3.05, 3.63) is 59.4 Å². The van der Waals surface area contributed by atoms with Crippen LogP contribution in [0.5, 0.6) is 5.88 Å². The van der Waals surface area contributed by atoms with E-state index in [1.165, 1.54) is 38.5 Å². The molecule has 34 heavy (non-hydrogen) atoms. The molecule has 180 valence electrons. The van der Waals surface area contributed by atoms with Gasteiger partial charge in [0.15, 0.2) is 11.5 Å². The number of likely N-dealkylation sites (tertiary alicyclic amines) is 1. The Morgan fingerprint density at radius 1 is 1.15 bits per heavy atom. The number of nitrogens with one attached hydrogen (secondary N) is 1. The standard InChI is InChI=1S/C23H25F3N6O2/c1-15-5-3-4-12-31(15)14-16-6-8-17(9-7-16)28-22(33)18-13-27-32(21(18)23(24,25)26)19-10-11-20(34-2)30-29-19/h6-11,13,15H,3-5,12,14H2,1-2H3,(H,28,33). The van der Waals surface area contributed by atoms with Gasteiger partial charge >= 0.3 is 6.18 Å². The smallest absolute Gasteiger partial charge is 0.434 e. The number of carbonyl (C=O) groups is 1. The van der Waals surface area contributed by atoms with E-state index in [0.29, 0.717) is 16.4 Å². The highest BCUT2D eigenvalue weighted by Gasteiger charge is 2.41. The van der Waals surface area contributed by atoms with Crippen LogP contribution in [-0.4, -0.2) is 50.5 Å². The first kappa shape index (κ1) is 23.7. The van der Waals surface area contributed by atoms with Crippen LogP contribution < -0.4 is 10.1 Å². The van der Waals surface area contributed by atoms with Crippen LogP contribution in [-0.2, 0) is 12.7 Å². The maximum absolute atomic E-state index is 13.9. The second-order valence-corrected chi connectivity index (χ2v) is 8.22. The minimum absolute atomic E-state index is 0.139. The highest BCUT2D eigenvalue weighted by molar-refractivity contribution is 6.05. The molecule has 1 N–H and O–H groups in total. The van der Waals surface area contributed by atoms with Crippen LogP contribution in [0.1, 0.15) is 47.8 Å². The molecule has 0 aliphatic carbocycles. The predicted molar refractivity (Wildman–Crippen MR) is 119 cm³/mol. The number of amides is 1. The molecule has 1 unspecified atom stereocenters. The number of nitrogens with zero attached hydrogens (tertiary/aromatic N) is 5. The van der Waals surface area contributed by atoms with Gasteiger partial charge in [0.05, 0.1) is 18.9 Å². The lowest BCUT2D eigenvalue weighted by Crippen LogP contribution is -2.36. The minimum Gasteiger partial charge on any atom is -0.480 e. The third-order valence-electron chi connectivity index (χ3n) is 5.87. The van der Waals surface area contributed by atoms with Gasteiger partial charge in [0.1, 0.15) is 0 Å². The zero-order valence-electron chi connectivity index (χ0n) is 18.8. The lowest BCUT2D eigenvalue weighted by atomic mass is 10.0. The van der Waals surface area contributed by atoms with E-state index in [2.05, 4.69) is 32.4 Å². The van der Waals surface area contributed by atoms with E-state index < -0.39 is 23.3 Å². The number of ether oxygens (including phenoxy) is 1. The number of carbonyl (C=O) groups excluding carboxylic acids is 1. The van der Waals surface area contributed by atoms with Gasteiger partial charge in [-0.2, -0.15) is 18.3 Å². The third-order valence-corrected chi connectivity index (χ3v) is 5.87. The normalized spacial score (nSPS) is 16.9. The summed E-state index contributed by atoms with van der Waals surface area (Å²) in [6, 6.07) is 10.3. The molecule has 8 nitrogen and oxygen atoms in total. The number of rotatable bonds is 6. The molecular weight excluding hydrogens is 449 g/mol. The van der Waals surface area contributed by atoms with Crippen molar-refractivity contribution in [2.75, 3.05) is 19.0 Å². The van der Waals surface area contributed by atoms with Gasteiger partial charge in [0.2, 0.25) is 5.88 Å². The second-order valence-electron chi connectivity index (χ2n) is 8.22. The number of alkyl halides is 3. The molecule has 1 amide bonds. The van der Waals surface area contributed by atoms with Gasteiger partial charge in [-0.05, 0) is 50.1 Å². The monoisotopic (exact) mass is 474 g/mol. The molecule has 1 saturated heterocycles. The molecule has 3 heterocycles. The van der Waals surface area contributed by atoms with Crippen LogP contribution in [0.4, 0.5) is 18.9 Å². The molecule has 0 spiro atoms. The Bertz CT molecular complexity index is 1130. The number of piperidine rings is 1. The fourth-order valence-corrected chi connectivity index (χ4v) is 4.01. The molecule has 0 saturated carbocycles. The number of aromatic nitrogens is 4. The lowest BCUT2D eigenvalue weighted by Gasteiger charge is -2.33. The van der Waals surface area contributed by atoms with Crippen molar-refractivity contribution in [2.45, 2.75) is 44.9 Å². The molecule has 3 aromatic rings. The van der Waals surface area contributed by atoms with Crippen LogP contribution in [0.25, 0.3) is 5.82 Å². The number of hydrogen-bond donors (Lipinski definition) is 1. The molecule has 11 heteroatoms. The molecule has 1 atom stereocenters. The number of anilines is 1. The molecule has 1 fully saturated rings. The zero-order valence-corrected chi connectivity index (χ0v) is 18.8. The first-order chi connectivity index (χ1) is 16.3. The van der Waals surface area contributed by atoms with E-state index >= 15 is 0 Å². The van der Waals surface area contributed by atoms with Crippen LogP contribution in [0.3, 0.4) is 0 Å². The number of methoxy groups -OCH3 is 1. The average Bonchev–Trinajstić information content (AvgIpc) is 3.28. The van der Waals surface area contributed by atoms with E-state index in [1.807, 2.05) is 12.1 Å². The Hall–Kier alpha value is -3.47. The number of benzene rings is 1. The van der Waals surface area contributed by atoms with Crippen LogP contribution >= 0.6 is 0 Å². The quantitative estimate of drug-likeness (QED) is 0.573. The summed E-state index contributed by atoms with van der Waals surface area (Å²) in [6.45, 7) is 4.05. The molecular formula is C23H25F3N6O2. The van der Waals surface area contributed by atoms with Crippen molar-refractivity contribution in [3.8, 4) is 11.7 Å². The maximum Gasteiger partial charge on any atom is 0.434 e. The van der Waals surface area contributed by atoms with Gasteiger partial charge in [-0.25, -0.2) is 4.68 Å². The third kappa shape index (κ3) is 5.19. The van der Waals surface area contributed by atoms with E-state index in [9.17, 15) is 18.0 Å². The van der Waals surface area contributed by atoms with Crippen LogP contribution in [0, 0.1) is 0 Å². The zero-order chi connectivity index (χ0) is 24.3. The molecule has 2 aromatic heterocycles. The topological polar surface area (TPSA) is 85.2 Å². The van der Waals surface area contributed by atoms with E-state index in [0.717, 1.165) is 24.8 Å². The molecule has 1 aliphatic heterocycles. The molecule has 1 aromatic carbocycles. The summed E-state index contributed by atoms with van der Waals surface area (Å²) in [7, 11) is 1.36. The number of hydrogen-bond acceptors (Lipinski definition) is 6. The van der Waals surface area contributed by atoms with Gasteiger partial charge in [0, 0.05) is 24.3 Å². The van der Waals surface area contributed by atoms with Crippen molar-refractivity contribution in [1.29, 1.82) is 0 Å². The lowest BCUT2D eigenvalue weighted by molar-refractivity contribution is -0.143. The maximum atomic E-state index is 13.9. The summed E-state index contributed by atoms with van der Waals surface area (Å²) in [5.74, 6) is -0.971. The highest BCUT2D eigenvalue weighted by atomic mass is 19.4. The summed E-state index contributed by atoms with van der Waals surface area (Å²) in [4.78, 5) is 15.1. The van der Waals surface area contributed by atoms with Gasteiger partial charge in [-0.1, -0.05) is 18.6 Å². The Morgan fingerprint density at radius 2 is 1.91 bits per heavy atom. The molecule has 1 aliphatic rings. The summed E-state index contributed by atoms with van der Waals surface area (Å²) >= 11 is 0. The molecule has 0 radical (unpaired) electrons. The van der Waals surface area contributed by atoms with Crippen molar-refractivity contribution in [2.24, 2.45) is 0 Å². The van der Waals surface area contributed by atoms with Gasteiger partial charge in [0.25, 0.3) is 5.91 Å². The Morgan fingerprint density at radius 3 is 2.53 bits per heavy atom. The summed E-state index contributed by atoms with van der Waals surface area (Å²) in [6.07, 6.45) is -0.387. The van der Waals surface area contributed by atoms with Crippen molar-refractivity contribution < 1.29 is 22.7 Å². The van der Waals surface area contributed by atoms with Crippen LogP contribution in [0.15, 0.2) is 42.6 Å². The van der Waals surface area contributed by atoms with Crippen molar-refractivity contribution in [1.82, 2.24) is 24.9 Å². The number of halogens is 3. The van der Waals surface area contributed by atoms with E-state index in [-0.39, 0.29) is 11.7 Å². The SMILES string of the molecule is COc1ccc(-n2ncc(C(=O)Nc3ccc(CN4CCCCC4C)cc3)c2C(F)(F)F)nn1. The Labute approximate surface area is 194 Å². The summed E-state index contributed by atoms with van der Waals surface area (Å²) in [5.41, 5.74) is -0.379. The summed E-state index contributed by atoms with van der Waals surface area (Å²) in [5, 5.41) is 13.6. The average molecular weight is 474 g/mol. The largest absolute Gasteiger partial charge is 0.480 e. The first-order valence-corrected chi connectivity index (χ1v) is 10.9. The van der Waals surface area contributed by atoms with Crippen molar-refractivity contribution in [3.63, 3.8) is 0 Å². The fraction of sp³-hybridized carbons (Fsp3) is 0.391. The van der Waals surface area contributed by atoms with Gasteiger partial charge in [-0.15, -0.1) is 10.2 Å². The fourth-order valence-electron chi connectivity index (χ4n) is 4.01. The van der Waals surface area contributed by atoms with E-state index in [1.54, 1.807) is 12.1 Å². The van der Waals surface area contributed by atoms with Gasteiger partial charge < -0.3 is 10.1 Å². The van der Waals surface area contributed by atoms with E-state index in [4.69, 9.17) is 4.74 Å².